The average Bonchev–Trinajstić information content (AvgIpc) is 2.59. The molecule has 0 radical (unpaired) electrons. The van der Waals surface area contributed by atoms with Gasteiger partial charge >= 0.3 is 0 Å². The van der Waals surface area contributed by atoms with Gasteiger partial charge in [-0.2, -0.15) is 5.10 Å². The van der Waals surface area contributed by atoms with Crippen molar-refractivity contribution in [2.45, 2.75) is 39.3 Å². The van der Waals surface area contributed by atoms with Crippen molar-refractivity contribution in [3.63, 3.8) is 0 Å². The molecule has 2 atom stereocenters. The second kappa shape index (κ2) is 5.38. The molecule has 17 heavy (non-hydrogen) atoms. The third-order valence-corrected chi connectivity index (χ3v) is 3.97. The Morgan fingerprint density at radius 3 is 3.00 bits per heavy atom. The van der Waals surface area contributed by atoms with Gasteiger partial charge in [0.2, 0.25) is 0 Å². The summed E-state index contributed by atoms with van der Waals surface area (Å²) in [5.74, 6) is 0.239. The van der Waals surface area contributed by atoms with Crippen LogP contribution in [0.4, 0.5) is 0 Å². The molecule has 2 rings (SSSR count). The van der Waals surface area contributed by atoms with Crippen LogP contribution in [0.5, 0.6) is 0 Å². The molecule has 2 N–H and O–H groups in total. The predicted octanol–water partition coefficient (Wildman–Crippen LogP) is 1.38. The van der Waals surface area contributed by atoms with Crippen LogP contribution in [0.25, 0.3) is 0 Å². The third kappa shape index (κ3) is 2.64. The summed E-state index contributed by atoms with van der Waals surface area (Å²) in [5, 5.41) is 18.5. The Bertz CT molecular complexity index is 391. The van der Waals surface area contributed by atoms with E-state index in [1.807, 2.05) is 11.6 Å². The van der Waals surface area contributed by atoms with Crippen LogP contribution in [0.1, 0.15) is 24.7 Å². The van der Waals surface area contributed by atoms with E-state index in [2.05, 4.69) is 17.3 Å². The SMILES string of the molecule is CCn1nc(C)c(Cl)c1CC1CNCCC1O. The molecule has 1 aromatic heterocycles. The number of aromatic nitrogens is 2. The van der Waals surface area contributed by atoms with Crippen LogP contribution >= 0.6 is 11.6 Å². The van der Waals surface area contributed by atoms with Gasteiger partial charge in [0.1, 0.15) is 0 Å². The van der Waals surface area contributed by atoms with Crippen molar-refractivity contribution >= 4 is 11.6 Å². The number of hydrogen-bond donors (Lipinski definition) is 2. The van der Waals surface area contributed by atoms with Crippen LogP contribution in [0, 0.1) is 12.8 Å². The molecule has 1 fully saturated rings. The van der Waals surface area contributed by atoms with E-state index in [-0.39, 0.29) is 12.0 Å². The van der Waals surface area contributed by atoms with Crippen LogP contribution in [0.15, 0.2) is 0 Å². The van der Waals surface area contributed by atoms with Gasteiger partial charge in [0.25, 0.3) is 0 Å². The number of nitrogens with zero attached hydrogens (tertiary/aromatic N) is 2. The molecular formula is C12H20ClN3O. The molecule has 2 heterocycles. The number of rotatable bonds is 3. The fraction of sp³-hybridized carbons (Fsp3) is 0.750. The van der Waals surface area contributed by atoms with E-state index >= 15 is 0 Å². The van der Waals surface area contributed by atoms with Crippen LogP contribution in [-0.2, 0) is 13.0 Å². The molecule has 1 aromatic rings. The molecule has 0 amide bonds. The minimum Gasteiger partial charge on any atom is -0.393 e. The van der Waals surface area contributed by atoms with Gasteiger partial charge in [0, 0.05) is 19.0 Å². The number of aliphatic hydroxyl groups is 1. The number of aryl methyl sites for hydroxylation is 2. The fourth-order valence-corrected chi connectivity index (χ4v) is 2.64. The summed E-state index contributed by atoms with van der Waals surface area (Å²) in [6, 6.07) is 0. The molecule has 1 saturated heterocycles. The molecule has 1 aliphatic rings. The van der Waals surface area contributed by atoms with Crippen molar-refractivity contribution in [1.82, 2.24) is 15.1 Å². The molecular weight excluding hydrogens is 238 g/mol. The van der Waals surface area contributed by atoms with Crippen molar-refractivity contribution in [1.29, 1.82) is 0 Å². The molecule has 2 unspecified atom stereocenters. The normalized spacial score (nSPS) is 25.2. The maximum absolute atomic E-state index is 9.98. The van der Waals surface area contributed by atoms with Crippen molar-refractivity contribution in [2.24, 2.45) is 5.92 Å². The van der Waals surface area contributed by atoms with Gasteiger partial charge in [-0.25, -0.2) is 0 Å². The maximum atomic E-state index is 9.98. The first kappa shape index (κ1) is 12.9. The van der Waals surface area contributed by atoms with E-state index in [1.165, 1.54) is 0 Å². The zero-order chi connectivity index (χ0) is 12.4. The number of nitrogens with one attached hydrogen (secondary N) is 1. The summed E-state index contributed by atoms with van der Waals surface area (Å²) in [7, 11) is 0. The maximum Gasteiger partial charge on any atom is 0.0847 e. The lowest BCUT2D eigenvalue weighted by Crippen LogP contribution is -2.41. The first-order valence-corrected chi connectivity index (χ1v) is 6.61. The smallest absolute Gasteiger partial charge is 0.0847 e. The van der Waals surface area contributed by atoms with Gasteiger partial charge in [-0.1, -0.05) is 11.6 Å². The Hall–Kier alpha value is -0.580. The van der Waals surface area contributed by atoms with Gasteiger partial charge in [0.15, 0.2) is 0 Å². The van der Waals surface area contributed by atoms with Gasteiger partial charge in [-0.15, -0.1) is 0 Å². The lowest BCUT2D eigenvalue weighted by molar-refractivity contribution is 0.0781. The number of hydrogen-bond acceptors (Lipinski definition) is 3. The van der Waals surface area contributed by atoms with Crippen molar-refractivity contribution in [3.05, 3.63) is 16.4 Å². The van der Waals surface area contributed by atoms with Crippen LogP contribution in [-0.4, -0.2) is 34.1 Å². The molecule has 96 valence electrons. The van der Waals surface area contributed by atoms with E-state index < -0.39 is 0 Å². The summed E-state index contributed by atoms with van der Waals surface area (Å²) in [6.45, 7) is 6.55. The highest BCUT2D eigenvalue weighted by Crippen LogP contribution is 2.25. The molecule has 0 aliphatic carbocycles. The van der Waals surface area contributed by atoms with E-state index in [9.17, 15) is 5.11 Å². The fourth-order valence-electron chi connectivity index (χ4n) is 2.43. The number of aliphatic hydroxyl groups excluding tert-OH is 1. The van der Waals surface area contributed by atoms with Crippen molar-refractivity contribution in [3.8, 4) is 0 Å². The van der Waals surface area contributed by atoms with Crippen molar-refractivity contribution < 1.29 is 5.11 Å². The zero-order valence-electron chi connectivity index (χ0n) is 10.4. The van der Waals surface area contributed by atoms with Gasteiger partial charge in [-0.3, -0.25) is 4.68 Å². The first-order valence-electron chi connectivity index (χ1n) is 6.24. The van der Waals surface area contributed by atoms with Gasteiger partial charge in [-0.05, 0) is 33.2 Å². The zero-order valence-corrected chi connectivity index (χ0v) is 11.2. The molecule has 5 heteroatoms. The predicted molar refractivity (Wildman–Crippen MR) is 68.3 cm³/mol. The molecule has 4 nitrogen and oxygen atoms in total. The Morgan fingerprint density at radius 1 is 1.59 bits per heavy atom. The molecule has 0 spiro atoms. The topological polar surface area (TPSA) is 50.1 Å². The lowest BCUT2D eigenvalue weighted by atomic mass is 9.91. The van der Waals surface area contributed by atoms with E-state index in [0.29, 0.717) is 0 Å². The average molecular weight is 258 g/mol. The Kier molecular flexibility index (Phi) is 4.07. The highest BCUT2D eigenvalue weighted by molar-refractivity contribution is 6.31. The quantitative estimate of drug-likeness (QED) is 0.860. The minimum absolute atomic E-state index is 0.229. The highest BCUT2D eigenvalue weighted by atomic mass is 35.5. The van der Waals surface area contributed by atoms with Crippen LogP contribution < -0.4 is 5.32 Å². The highest BCUT2D eigenvalue weighted by Gasteiger charge is 2.26. The Labute approximate surface area is 107 Å². The second-order valence-corrected chi connectivity index (χ2v) is 5.06. The van der Waals surface area contributed by atoms with Gasteiger partial charge in [0.05, 0.1) is 22.5 Å². The minimum atomic E-state index is -0.229. The Morgan fingerprint density at radius 2 is 2.35 bits per heavy atom. The summed E-state index contributed by atoms with van der Waals surface area (Å²) >= 11 is 6.27. The second-order valence-electron chi connectivity index (χ2n) is 4.69. The van der Waals surface area contributed by atoms with Crippen LogP contribution in [0.2, 0.25) is 5.02 Å². The van der Waals surface area contributed by atoms with Crippen molar-refractivity contribution in [2.75, 3.05) is 13.1 Å². The lowest BCUT2D eigenvalue weighted by Gasteiger charge is -2.28. The third-order valence-electron chi connectivity index (χ3n) is 3.48. The first-order chi connectivity index (χ1) is 8.13. The summed E-state index contributed by atoms with van der Waals surface area (Å²) in [5.41, 5.74) is 1.93. The summed E-state index contributed by atoms with van der Waals surface area (Å²) in [6.07, 6.45) is 1.39. The molecule has 0 saturated carbocycles. The standard InChI is InChI=1S/C12H20ClN3O/c1-3-16-10(12(13)8(2)15-16)6-9-7-14-5-4-11(9)17/h9,11,14,17H,3-7H2,1-2H3. The number of halogens is 1. The Balaban J connectivity index is 2.16. The van der Waals surface area contributed by atoms with E-state index in [1.54, 1.807) is 0 Å². The van der Waals surface area contributed by atoms with Crippen LogP contribution in [0.3, 0.4) is 0 Å². The molecule has 0 bridgehead atoms. The number of piperidine rings is 1. The summed E-state index contributed by atoms with van der Waals surface area (Å²) in [4.78, 5) is 0. The van der Waals surface area contributed by atoms with E-state index in [0.717, 1.165) is 48.9 Å². The summed E-state index contributed by atoms with van der Waals surface area (Å²) < 4.78 is 1.94. The largest absolute Gasteiger partial charge is 0.393 e. The van der Waals surface area contributed by atoms with E-state index in [4.69, 9.17) is 11.6 Å². The van der Waals surface area contributed by atoms with Gasteiger partial charge < -0.3 is 10.4 Å². The monoisotopic (exact) mass is 257 g/mol. The molecule has 1 aliphatic heterocycles. The molecule has 0 aromatic carbocycles.